The molecule has 13 heavy (non-hydrogen) atoms. The molecule has 0 aromatic carbocycles. The topological polar surface area (TPSA) is 20.3 Å². The molecule has 1 amide bonds. The largest absolute Gasteiger partial charge is 0.331 e. The molecule has 1 heterocycles. The van der Waals surface area contributed by atoms with Gasteiger partial charge in [-0.25, -0.2) is 0 Å². The summed E-state index contributed by atoms with van der Waals surface area (Å²) in [5.41, 5.74) is 0. The summed E-state index contributed by atoms with van der Waals surface area (Å²) in [7, 11) is 0. The zero-order chi connectivity index (χ0) is 9.68. The Kier molecular flexibility index (Phi) is 4.17. The zero-order valence-corrected chi connectivity index (χ0v) is 8.99. The summed E-state index contributed by atoms with van der Waals surface area (Å²) in [6, 6.07) is 0. The smallest absolute Gasteiger partial charge is 0.298 e. The van der Waals surface area contributed by atoms with Crippen LogP contribution in [-0.4, -0.2) is 34.9 Å². The van der Waals surface area contributed by atoms with Crippen molar-refractivity contribution in [2.24, 2.45) is 0 Å². The third-order valence-corrected chi connectivity index (χ3v) is 3.31. The van der Waals surface area contributed by atoms with E-state index in [1.165, 1.54) is 0 Å². The highest BCUT2D eigenvalue weighted by molar-refractivity contribution is 7.99. The van der Waals surface area contributed by atoms with E-state index in [1.807, 2.05) is 16.7 Å². The van der Waals surface area contributed by atoms with Crippen LogP contribution >= 0.6 is 11.8 Å². The van der Waals surface area contributed by atoms with Crippen LogP contribution in [0.4, 0.5) is 0 Å². The second-order valence-electron chi connectivity index (χ2n) is 3.14. The molecule has 1 aliphatic rings. The first kappa shape index (κ1) is 10.5. The highest BCUT2D eigenvalue weighted by Crippen LogP contribution is 2.18. The average molecular weight is 197 g/mol. The van der Waals surface area contributed by atoms with Gasteiger partial charge in [0.1, 0.15) is 0 Å². The predicted octanol–water partition coefficient (Wildman–Crippen LogP) is 1.36. The molecular weight excluding hydrogens is 182 g/mol. The first-order chi connectivity index (χ1) is 6.24. The minimum absolute atomic E-state index is 0.0165. The normalized spacial score (nSPS) is 22.9. The van der Waals surface area contributed by atoms with E-state index in [4.69, 9.17) is 0 Å². The quantitative estimate of drug-likeness (QED) is 0.547. The lowest BCUT2D eigenvalue weighted by molar-refractivity contribution is -0.124. The van der Waals surface area contributed by atoms with Crippen LogP contribution in [-0.2, 0) is 4.79 Å². The number of carbonyl (C=O) groups is 1. The first-order valence-corrected chi connectivity index (χ1v) is 5.62. The Balaban J connectivity index is 2.49. The van der Waals surface area contributed by atoms with E-state index in [2.05, 4.69) is 18.8 Å². The summed E-state index contributed by atoms with van der Waals surface area (Å²) < 4.78 is 0. The highest BCUT2D eigenvalue weighted by atomic mass is 32.2. The molecule has 0 radical (unpaired) electrons. The van der Waals surface area contributed by atoms with Crippen LogP contribution in [0, 0.1) is 11.8 Å². The maximum Gasteiger partial charge on any atom is 0.298 e. The Bertz CT molecular complexity index is 241. The zero-order valence-electron chi connectivity index (χ0n) is 8.17. The maximum atomic E-state index is 11.4. The van der Waals surface area contributed by atoms with Gasteiger partial charge in [0.25, 0.3) is 5.91 Å². The molecule has 0 aromatic rings. The van der Waals surface area contributed by atoms with Gasteiger partial charge in [0.2, 0.25) is 0 Å². The number of hydrogen-bond donors (Lipinski definition) is 0. The second kappa shape index (κ2) is 5.18. The molecule has 0 aliphatic carbocycles. The Morgan fingerprint density at radius 3 is 3.00 bits per heavy atom. The summed E-state index contributed by atoms with van der Waals surface area (Å²) in [5.74, 6) is 6.26. The van der Waals surface area contributed by atoms with Gasteiger partial charge in [-0.1, -0.05) is 12.8 Å². The van der Waals surface area contributed by atoms with Crippen LogP contribution < -0.4 is 0 Å². The van der Waals surface area contributed by atoms with E-state index in [0.29, 0.717) is 5.25 Å². The van der Waals surface area contributed by atoms with E-state index in [-0.39, 0.29) is 5.91 Å². The second-order valence-corrected chi connectivity index (χ2v) is 4.68. The maximum absolute atomic E-state index is 11.4. The fourth-order valence-electron chi connectivity index (χ4n) is 1.29. The van der Waals surface area contributed by atoms with E-state index in [0.717, 1.165) is 25.3 Å². The van der Waals surface area contributed by atoms with Crippen molar-refractivity contribution in [3.8, 4) is 11.8 Å². The minimum atomic E-state index is -0.0165. The molecule has 1 saturated heterocycles. The summed E-state index contributed by atoms with van der Waals surface area (Å²) in [5, 5.41) is 0.674. The monoisotopic (exact) mass is 197 g/mol. The van der Waals surface area contributed by atoms with Crippen LogP contribution in [0.1, 0.15) is 20.3 Å². The van der Waals surface area contributed by atoms with Gasteiger partial charge in [-0.2, -0.15) is 11.8 Å². The summed E-state index contributed by atoms with van der Waals surface area (Å²) in [4.78, 5) is 13.3. The Labute approximate surface area is 84.1 Å². The Morgan fingerprint density at radius 1 is 1.54 bits per heavy atom. The van der Waals surface area contributed by atoms with Gasteiger partial charge in [0.05, 0.1) is 0 Å². The standard InChI is InChI=1S/C10H15NOS/c1-3-4-10(12)11-6-5-9(2)13-8-7-11/h9H,5-8H2,1-2H3. The molecule has 0 aromatic heterocycles. The molecule has 0 bridgehead atoms. The number of hydrogen-bond acceptors (Lipinski definition) is 2. The fourth-order valence-corrected chi connectivity index (χ4v) is 2.29. The van der Waals surface area contributed by atoms with Crippen molar-refractivity contribution in [2.45, 2.75) is 25.5 Å². The van der Waals surface area contributed by atoms with E-state index in [9.17, 15) is 4.79 Å². The molecule has 3 heteroatoms. The summed E-state index contributed by atoms with van der Waals surface area (Å²) in [6.07, 6.45) is 1.09. The molecule has 1 fully saturated rings. The van der Waals surface area contributed by atoms with Crippen LogP contribution in [0.3, 0.4) is 0 Å². The van der Waals surface area contributed by atoms with Gasteiger partial charge in [-0.3, -0.25) is 4.79 Å². The lowest BCUT2D eigenvalue weighted by Gasteiger charge is -2.16. The minimum Gasteiger partial charge on any atom is -0.331 e. The number of carbonyl (C=O) groups excluding carboxylic acids is 1. The number of rotatable bonds is 0. The molecule has 0 spiro atoms. The molecule has 1 rings (SSSR count). The molecule has 1 atom stereocenters. The summed E-state index contributed by atoms with van der Waals surface area (Å²) in [6.45, 7) is 5.63. The van der Waals surface area contributed by atoms with E-state index >= 15 is 0 Å². The lowest BCUT2D eigenvalue weighted by Crippen LogP contribution is -2.31. The molecule has 0 N–H and O–H groups in total. The van der Waals surface area contributed by atoms with E-state index in [1.54, 1.807) is 6.92 Å². The van der Waals surface area contributed by atoms with Gasteiger partial charge in [0, 0.05) is 24.1 Å². The van der Waals surface area contributed by atoms with Crippen LogP contribution in [0.15, 0.2) is 0 Å². The average Bonchev–Trinajstić information content (AvgIpc) is 2.30. The van der Waals surface area contributed by atoms with Crippen molar-refractivity contribution in [3.05, 3.63) is 0 Å². The van der Waals surface area contributed by atoms with Crippen LogP contribution in [0.2, 0.25) is 0 Å². The first-order valence-electron chi connectivity index (χ1n) is 4.57. The number of amides is 1. The van der Waals surface area contributed by atoms with Crippen molar-refractivity contribution in [2.75, 3.05) is 18.8 Å². The van der Waals surface area contributed by atoms with Gasteiger partial charge in [-0.05, 0) is 19.3 Å². The third kappa shape index (κ3) is 3.31. The fraction of sp³-hybridized carbons (Fsp3) is 0.700. The molecule has 72 valence electrons. The van der Waals surface area contributed by atoms with Gasteiger partial charge < -0.3 is 4.90 Å². The Morgan fingerprint density at radius 2 is 2.31 bits per heavy atom. The predicted molar refractivity (Wildman–Crippen MR) is 56.6 cm³/mol. The van der Waals surface area contributed by atoms with Crippen molar-refractivity contribution in [1.29, 1.82) is 0 Å². The SMILES string of the molecule is CC#CC(=O)N1CCSC(C)CC1. The van der Waals surface area contributed by atoms with Gasteiger partial charge in [0.15, 0.2) is 0 Å². The van der Waals surface area contributed by atoms with Crippen LogP contribution in [0.5, 0.6) is 0 Å². The van der Waals surface area contributed by atoms with Crippen LogP contribution in [0.25, 0.3) is 0 Å². The molecule has 1 unspecified atom stereocenters. The van der Waals surface area contributed by atoms with Crippen molar-refractivity contribution in [1.82, 2.24) is 4.90 Å². The highest BCUT2D eigenvalue weighted by Gasteiger charge is 2.16. The van der Waals surface area contributed by atoms with Crippen molar-refractivity contribution < 1.29 is 4.79 Å². The summed E-state index contributed by atoms with van der Waals surface area (Å²) >= 11 is 1.94. The van der Waals surface area contributed by atoms with Gasteiger partial charge >= 0.3 is 0 Å². The molecular formula is C10H15NOS. The molecule has 2 nitrogen and oxygen atoms in total. The van der Waals surface area contributed by atoms with Crippen molar-refractivity contribution >= 4 is 17.7 Å². The van der Waals surface area contributed by atoms with Gasteiger partial charge in [-0.15, -0.1) is 0 Å². The Hall–Kier alpha value is -0.620. The molecule has 0 saturated carbocycles. The number of nitrogens with zero attached hydrogens (tertiary/aromatic N) is 1. The number of thioether (sulfide) groups is 1. The third-order valence-electron chi connectivity index (χ3n) is 2.09. The van der Waals surface area contributed by atoms with Crippen molar-refractivity contribution in [3.63, 3.8) is 0 Å². The lowest BCUT2D eigenvalue weighted by atomic mass is 10.3. The molecule has 1 aliphatic heterocycles. The van der Waals surface area contributed by atoms with E-state index < -0.39 is 0 Å².